The molecule has 1 aliphatic rings. The maximum atomic E-state index is 10.9. The molecule has 2 N–H and O–H groups in total. The van der Waals surface area contributed by atoms with Crippen molar-refractivity contribution in [3.8, 4) is 6.07 Å². The standard InChI is InChI=1S/C9H13N3O4/c1-6-4-12(9(15)16)7(2-3-10)5-11(6)8(13)14/h6-7H,2,4-5H2,1H3,(H,13,14)(H,15,16)/t6-,7+/m1/s1. The summed E-state index contributed by atoms with van der Waals surface area (Å²) >= 11 is 0. The van der Waals surface area contributed by atoms with Crippen LogP contribution in [-0.2, 0) is 0 Å². The highest BCUT2D eigenvalue weighted by atomic mass is 16.4. The Hall–Kier alpha value is -1.97. The maximum absolute atomic E-state index is 10.9. The molecule has 7 nitrogen and oxygen atoms in total. The van der Waals surface area contributed by atoms with Gasteiger partial charge < -0.3 is 20.0 Å². The van der Waals surface area contributed by atoms with Crippen molar-refractivity contribution >= 4 is 12.2 Å². The van der Waals surface area contributed by atoms with E-state index in [1.54, 1.807) is 6.92 Å². The lowest BCUT2D eigenvalue weighted by molar-refractivity contribution is 0.0400. The van der Waals surface area contributed by atoms with Crippen LogP contribution in [0.3, 0.4) is 0 Å². The van der Waals surface area contributed by atoms with Crippen molar-refractivity contribution in [1.29, 1.82) is 5.26 Å². The SMILES string of the molecule is C[C@@H]1CN(C(=O)O)[C@@H](CC#N)CN1C(=O)O. The zero-order chi connectivity index (χ0) is 12.3. The highest BCUT2D eigenvalue weighted by molar-refractivity contribution is 5.68. The largest absolute Gasteiger partial charge is 0.465 e. The van der Waals surface area contributed by atoms with Crippen LogP contribution < -0.4 is 0 Å². The molecule has 0 saturated carbocycles. The number of rotatable bonds is 1. The van der Waals surface area contributed by atoms with Gasteiger partial charge in [0.25, 0.3) is 0 Å². The van der Waals surface area contributed by atoms with Gasteiger partial charge in [-0.1, -0.05) is 0 Å². The van der Waals surface area contributed by atoms with Gasteiger partial charge in [0.1, 0.15) is 0 Å². The van der Waals surface area contributed by atoms with Gasteiger partial charge >= 0.3 is 12.2 Å². The molecular weight excluding hydrogens is 214 g/mol. The normalized spacial score (nSPS) is 25.0. The fourth-order valence-corrected chi connectivity index (χ4v) is 1.82. The Kier molecular flexibility index (Phi) is 3.55. The van der Waals surface area contributed by atoms with Gasteiger partial charge in [-0.05, 0) is 6.92 Å². The molecule has 0 aromatic heterocycles. The summed E-state index contributed by atoms with van der Waals surface area (Å²) < 4.78 is 0. The first-order valence-electron chi connectivity index (χ1n) is 4.83. The van der Waals surface area contributed by atoms with Gasteiger partial charge in [-0.15, -0.1) is 0 Å². The van der Waals surface area contributed by atoms with Crippen LogP contribution in [0.25, 0.3) is 0 Å². The molecule has 2 atom stereocenters. The molecule has 1 rings (SSSR count). The molecule has 1 aliphatic heterocycles. The van der Waals surface area contributed by atoms with Crippen molar-refractivity contribution in [2.75, 3.05) is 13.1 Å². The van der Waals surface area contributed by atoms with Crippen LogP contribution in [0, 0.1) is 11.3 Å². The minimum absolute atomic E-state index is 0.00278. The number of nitriles is 1. The van der Waals surface area contributed by atoms with E-state index in [1.807, 2.05) is 6.07 Å². The molecule has 0 unspecified atom stereocenters. The number of piperazine rings is 1. The molecule has 0 aliphatic carbocycles. The average Bonchev–Trinajstić information content (AvgIpc) is 2.19. The second kappa shape index (κ2) is 4.70. The highest BCUT2D eigenvalue weighted by Gasteiger charge is 2.36. The molecule has 2 amide bonds. The van der Waals surface area contributed by atoms with Crippen molar-refractivity contribution in [3.63, 3.8) is 0 Å². The first kappa shape index (κ1) is 12.1. The van der Waals surface area contributed by atoms with E-state index in [9.17, 15) is 9.59 Å². The second-order valence-corrected chi connectivity index (χ2v) is 3.73. The van der Waals surface area contributed by atoms with Crippen LogP contribution in [0.4, 0.5) is 9.59 Å². The Morgan fingerprint density at radius 1 is 1.31 bits per heavy atom. The molecule has 0 radical (unpaired) electrons. The third kappa shape index (κ3) is 2.34. The second-order valence-electron chi connectivity index (χ2n) is 3.73. The summed E-state index contributed by atoms with van der Waals surface area (Å²) in [6.07, 6.45) is -2.19. The number of carbonyl (C=O) groups is 2. The maximum Gasteiger partial charge on any atom is 0.407 e. The summed E-state index contributed by atoms with van der Waals surface area (Å²) in [7, 11) is 0. The smallest absolute Gasteiger partial charge is 0.407 e. The highest BCUT2D eigenvalue weighted by Crippen LogP contribution is 2.17. The van der Waals surface area contributed by atoms with Gasteiger partial charge in [0.2, 0.25) is 0 Å². The molecule has 0 aromatic carbocycles. The predicted octanol–water partition coefficient (Wildman–Crippen LogP) is 0.631. The van der Waals surface area contributed by atoms with Crippen LogP contribution in [0.2, 0.25) is 0 Å². The lowest BCUT2D eigenvalue weighted by Crippen LogP contribution is -2.59. The monoisotopic (exact) mass is 227 g/mol. The van der Waals surface area contributed by atoms with E-state index < -0.39 is 18.2 Å². The van der Waals surface area contributed by atoms with E-state index in [-0.39, 0.29) is 25.6 Å². The summed E-state index contributed by atoms with van der Waals surface area (Å²) in [6.45, 7) is 1.80. The summed E-state index contributed by atoms with van der Waals surface area (Å²) in [6, 6.07) is 0.912. The third-order valence-corrected chi connectivity index (χ3v) is 2.66. The fourth-order valence-electron chi connectivity index (χ4n) is 1.82. The molecular formula is C9H13N3O4. The van der Waals surface area contributed by atoms with Crippen LogP contribution in [-0.4, -0.2) is 57.4 Å². The van der Waals surface area contributed by atoms with Gasteiger partial charge in [-0.25, -0.2) is 9.59 Å². The molecule has 88 valence electrons. The Morgan fingerprint density at radius 3 is 2.31 bits per heavy atom. The van der Waals surface area contributed by atoms with Crippen molar-refractivity contribution in [3.05, 3.63) is 0 Å². The molecule has 1 fully saturated rings. The number of hydrogen-bond acceptors (Lipinski definition) is 3. The molecule has 0 spiro atoms. The van der Waals surface area contributed by atoms with Gasteiger partial charge in [0.15, 0.2) is 0 Å². The van der Waals surface area contributed by atoms with E-state index in [0.717, 1.165) is 4.90 Å². The van der Waals surface area contributed by atoms with E-state index in [0.29, 0.717) is 0 Å². The summed E-state index contributed by atoms with van der Waals surface area (Å²) in [5.74, 6) is 0. The van der Waals surface area contributed by atoms with Gasteiger partial charge in [-0.3, -0.25) is 0 Å². The lowest BCUT2D eigenvalue weighted by atomic mass is 10.1. The number of hydrogen-bond donors (Lipinski definition) is 2. The number of amides is 2. The lowest BCUT2D eigenvalue weighted by Gasteiger charge is -2.41. The summed E-state index contributed by atoms with van der Waals surface area (Å²) in [4.78, 5) is 24.1. The molecule has 16 heavy (non-hydrogen) atoms. The van der Waals surface area contributed by atoms with Crippen LogP contribution in [0.5, 0.6) is 0 Å². The zero-order valence-corrected chi connectivity index (χ0v) is 8.83. The molecule has 0 bridgehead atoms. The quantitative estimate of drug-likeness (QED) is 0.683. The molecule has 7 heteroatoms. The van der Waals surface area contributed by atoms with Crippen molar-refractivity contribution < 1.29 is 19.8 Å². The minimum Gasteiger partial charge on any atom is -0.465 e. The number of carboxylic acid groups (broad SMARTS) is 2. The van der Waals surface area contributed by atoms with Crippen molar-refractivity contribution in [1.82, 2.24) is 9.80 Å². The predicted molar refractivity (Wildman–Crippen MR) is 52.9 cm³/mol. The van der Waals surface area contributed by atoms with E-state index >= 15 is 0 Å². The Balaban J connectivity index is 2.82. The Bertz CT molecular complexity index is 338. The van der Waals surface area contributed by atoms with E-state index in [1.165, 1.54) is 4.90 Å². The van der Waals surface area contributed by atoms with Gasteiger partial charge in [0.05, 0.1) is 24.6 Å². The topological polar surface area (TPSA) is 105 Å². The Labute approximate surface area is 92.5 Å². The minimum atomic E-state index is -1.11. The van der Waals surface area contributed by atoms with Gasteiger partial charge in [-0.2, -0.15) is 5.26 Å². The summed E-state index contributed by atoms with van der Waals surface area (Å²) in [5.41, 5.74) is 0. The first-order valence-corrected chi connectivity index (χ1v) is 4.83. The van der Waals surface area contributed by atoms with Crippen LogP contribution in [0.1, 0.15) is 13.3 Å². The van der Waals surface area contributed by atoms with Gasteiger partial charge in [0, 0.05) is 13.1 Å². The molecule has 0 aromatic rings. The third-order valence-electron chi connectivity index (χ3n) is 2.66. The average molecular weight is 227 g/mol. The van der Waals surface area contributed by atoms with E-state index in [4.69, 9.17) is 15.5 Å². The van der Waals surface area contributed by atoms with Crippen LogP contribution >= 0.6 is 0 Å². The first-order chi connectivity index (χ1) is 7.47. The Morgan fingerprint density at radius 2 is 1.88 bits per heavy atom. The van der Waals surface area contributed by atoms with E-state index in [2.05, 4.69) is 0 Å². The fraction of sp³-hybridized carbons (Fsp3) is 0.667. The number of nitrogens with zero attached hydrogens (tertiary/aromatic N) is 3. The zero-order valence-electron chi connectivity index (χ0n) is 8.83. The van der Waals surface area contributed by atoms with Crippen molar-refractivity contribution in [2.24, 2.45) is 0 Å². The summed E-state index contributed by atoms with van der Waals surface area (Å²) in [5, 5.41) is 26.4. The van der Waals surface area contributed by atoms with Crippen molar-refractivity contribution in [2.45, 2.75) is 25.4 Å². The molecule has 1 heterocycles. The van der Waals surface area contributed by atoms with Crippen LogP contribution in [0.15, 0.2) is 0 Å². The molecule has 1 saturated heterocycles.